The first-order valence-electron chi connectivity index (χ1n) is 12.0. The summed E-state index contributed by atoms with van der Waals surface area (Å²) in [5.41, 5.74) is 5.95. The van der Waals surface area contributed by atoms with Gasteiger partial charge in [0, 0.05) is 37.8 Å². The van der Waals surface area contributed by atoms with Crippen molar-refractivity contribution in [1.29, 1.82) is 5.26 Å². The number of nitrogens with zero attached hydrogens (tertiary/aromatic N) is 4. The lowest BCUT2D eigenvalue weighted by atomic mass is 9.96. The molecule has 0 radical (unpaired) electrons. The van der Waals surface area contributed by atoms with E-state index in [0.29, 0.717) is 48.5 Å². The van der Waals surface area contributed by atoms with Gasteiger partial charge in [-0.15, -0.1) is 0 Å². The number of imidazole rings is 1. The van der Waals surface area contributed by atoms with Crippen LogP contribution in [0.5, 0.6) is 0 Å². The molecule has 0 atom stereocenters. The third-order valence-corrected chi connectivity index (χ3v) is 7.31. The number of H-pyrrole nitrogens is 1. The zero-order valence-corrected chi connectivity index (χ0v) is 19.5. The zero-order valence-electron chi connectivity index (χ0n) is 19.5. The van der Waals surface area contributed by atoms with Crippen LogP contribution in [0.15, 0.2) is 41.3 Å². The Morgan fingerprint density at radius 1 is 1.17 bits per heavy atom. The molecule has 4 heterocycles. The SMILES string of the molecule is Cc1cc2c(cc1C(=O)N1CCc3ccc(C#N)cc3C1)[nH]c(=O)c1cnc(C3CCOCC3)n12. The van der Waals surface area contributed by atoms with Gasteiger partial charge in [-0.1, -0.05) is 6.07 Å². The number of nitrogens with one attached hydrogen (secondary N) is 1. The predicted molar refractivity (Wildman–Crippen MR) is 130 cm³/mol. The number of fused-ring (bicyclic) bond motifs is 4. The maximum Gasteiger partial charge on any atom is 0.274 e. The van der Waals surface area contributed by atoms with Crippen LogP contribution in [0.4, 0.5) is 0 Å². The second-order valence-corrected chi connectivity index (χ2v) is 9.43. The second kappa shape index (κ2) is 8.36. The van der Waals surface area contributed by atoms with Gasteiger partial charge in [0.25, 0.3) is 11.5 Å². The molecule has 2 aromatic heterocycles. The highest BCUT2D eigenvalue weighted by atomic mass is 16.5. The first-order valence-corrected chi connectivity index (χ1v) is 12.0. The monoisotopic (exact) mass is 467 g/mol. The largest absolute Gasteiger partial charge is 0.381 e. The molecule has 176 valence electrons. The van der Waals surface area contributed by atoms with Crippen LogP contribution >= 0.6 is 0 Å². The van der Waals surface area contributed by atoms with Crippen molar-refractivity contribution in [3.05, 3.63) is 80.5 Å². The third-order valence-electron chi connectivity index (χ3n) is 7.31. The van der Waals surface area contributed by atoms with E-state index in [1.165, 1.54) is 5.56 Å². The number of ether oxygens (including phenoxy) is 1. The minimum Gasteiger partial charge on any atom is -0.381 e. The summed E-state index contributed by atoms with van der Waals surface area (Å²) in [4.78, 5) is 35.9. The standard InChI is InChI=1S/C27H25N5O3/c1-16-10-23-22(30-26(33)24-14-29-25(32(23)24)19-5-8-35-9-6-19)12-21(16)27(34)31-7-4-18-3-2-17(13-28)11-20(18)15-31/h2-3,10-12,14,19H,4-9,15H2,1H3,(H,30,33). The number of hydrogen-bond acceptors (Lipinski definition) is 5. The van der Waals surface area contributed by atoms with E-state index < -0.39 is 0 Å². The highest BCUT2D eigenvalue weighted by Gasteiger charge is 2.26. The molecule has 2 aliphatic rings. The van der Waals surface area contributed by atoms with Crippen LogP contribution in [0.2, 0.25) is 0 Å². The van der Waals surface area contributed by atoms with Gasteiger partial charge in [-0.25, -0.2) is 4.98 Å². The normalized spacial score (nSPS) is 16.4. The number of nitriles is 1. The summed E-state index contributed by atoms with van der Waals surface area (Å²) < 4.78 is 7.46. The number of rotatable bonds is 2. The van der Waals surface area contributed by atoms with Crippen molar-refractivity contribution >= 4 is 22.5 Å². The lowest BCUT2D eigenvalue weighted by Crippen LogP contribution is -2.36. The molecule has 6 rings (SSSR count). The van der Waals surface area contributed by atoms with Crippen molar-refractivity contribution in [2.75, 3.05) is 19.8 Å². The van der Waals surface area contributed by atoms with Crippen molar-refractivity contribution in [3.63, 3.8) is 0 Å². The van der Waals surface area contributed by atoms with Gasteiger partial charge in [0.2, 0.25) is 0 Å². The Morgan fingerprint density at radius 3 is 2.80 bits per heavy atom. The molecule has 0 unspecified atom stereocenters. The van der Waals surface area contributed by atoms with Crippen LogP contribution < -0.4 is 5.56 Å². The average Bonchev–Trinajstić information content (AvgIpc) is 3.34. The Morgan fingerprint density at radius 2 is 2.00 bits per heavy atom. The van der Waals surface area contributed by atoms with Gasteiger partial charge in [-0.05, 0) is 67.1 Å². The van der Waals surface area contributed by atoms with Crippen molar-refractivity contribution in [3.8, 4) is 6.07 Å². The molecule has 0 spiro atoms. The summed E-state index contributed by atoms with van der Waals surface area (Å²) in [6, 6.07) is 11.6. The number of hydrogen-bond donors (Lipinski definition) is 1. The highest BCUT2D eigenvalue weighted by molar-refractivity contribution is 5.99. The van der Waals surface area contributed by atoms with Gasteiger partial charge in [0.05, 0.1) is 28.9 Å². The van der Waals surface area contributed by atoms with Crippen molar-refractivity contribution in [2.45, 2.75) is 38.6 Å². The first-order chi connectivity index (χ1) is 17.0. The molecule has 0 saturated carbocycles. The van der Waals surface area contributed by atoms with Crippen LogP contribution in [0.1, 0.15) is 57.2 Å². The molecule has 8 heteroatoms. The fourth-order valence-corrected chi connectivity index (χ4v) is 5.39. The van der Waals surface area contributed by atoms with Gasteiger partial charge in [0.15, 0.2) is 0 Å². The lowest BCUT2D eigenvalue weighted by Gasteiger charge is -2.29. The fraction of sp³-hybridized carbons (Fsp3) is 0.333. The van der Waals surface area contributed by atoms with E-state index in [9.17, 15) is 14.9 Å². The Bertz CT molecular complexity index is 1590. The van der Waals surface area contributed by atoms with E-state index in [1.54, 1.807) is 12.3 Å². The number of carbonyl (C=O) groups is 1. The van der Waals surface area contributed by atoms with E-state index in [1.807, 2.05) is 40.5 Å². The Hall–Kier alpha value is -3.96. The minimum absolute atomic E-state index is 0.0753. The topological polar surface area (TPSA) is 103 Å². The Kier molecular flexibility index (Phi) is 5.15. The number of aromatic nitrogens is 3. The van der Waals surface area contributed by atoms with Crippen molar-refractivity contribution in [2.24, 2.45) is 0 Å². The number of aryl methyl sites for hydroxylation is 1. The molecule has 1 saturated heterocycles. The molecule has 1 fully saturated rings. The minimum atomic E-state index is -0.221. The summed E-state index contributed by atoms with van der Waals surface area (Å²) in [6.45, 7) is 4.38. The average molecular weight is 468 g/mol. The van der Waals surface area contributed by atoms with E-state index in [-0.39, 0.29) is 17.4 Å². The van der Waals surface area contributed by atoms with Crippen molar-refractivity contribution < 1.29 is 9.53 Å². The van der Waals surface area contributed by atoms with E-state index in [0.717, 1.165) is 41.7 Å². The van der Waals surface area contributed by atoms with Crippen LogP contribution in [-0.2, 0) is 17.7 Å². The molecular formula is C27H25N5O3. The van der Waals surface area contributed by atoms with Gasteiger partial charge in [-0.2, -0.15) is 5.26 Å². The van der Waals surface area contributed by atoms with E-state index in [4.69, 9.17) is 4.74 Å². The summed E-state index contributed by atoms with van der Waals surface area (Å²) in [6.07, 6.45) is 4.12. The van der Waals surface area contributed by atoms with Crippen LogP contribution in [0.3, 0.4) is 0 Å². The predicted octanol–water partition coefficient (Wildman–Crippen LogP) is 3.45. The van der Waals surface area contributed by atoms with Gasteiger partial charge in [-0.3, -0.25) is 14.0 Å². The molecule has 0 bridgehead atoms. The van der Waals surface area contributed by atoms with Gasteiger partial charge < -0.3 is 14.6 Å². The maximum atomic E-state index is 13.6. The Labute approximate surface area is 201 Å². The first kappa shape index (κ1) is 21.6. The van der Waals surface area contributed by atoms with Crippen molar-refractivity contribution in [1.82, 2.24) is 19.3 Å². The zero-order chi connectivity index (χ0) is 24.1. The smallest absolute Gasteiger partial charge is 0.274 e. The quantitative estimate of drug-likeness (QED) is 0.486. The summed E-state index contributed by atoms with van der Waals surface area (Å²) >= 11 is 0. The number of carbonyl (C=O) groups excluding carboxylic acids is 1. The molecule has 8 nitrogen and oxygen atoms in total. The summed E-state index contributed by atoms with van der Waals surface area (Å²) in [5, 5.41) is 9.24. The summed E-state index contributed by atoms with van der Waals surface area (Å²) in [5.74, 6) is 1.03. The Balaban J connectivity index is 1.41. The van der Waals surface area contributed by atoms with E-state index in [2.05, 4.69) is 16.0 Å². The summed E-state index contributed by atoms with van der Waals surface area (Å²) in [7, 11) is 0. The van der Waals surface area contributed by atoms with Crippen LogP contribution in [-0.4, -0.2) is 44.9 Å². The van der Waals surface area contributed by atoms with Crippen LogP contribution in [0.25, 0.3) is 16.6 Å². The third kappa shape index (κ3) is 3.60. The molecule has 35 heavy (non-hydrogen) atoms. The molecule has 1 amide bonds. The molecule has 2 aliphatic heterocycles. The lowest BCUT2D eigenvalue weighted by molar-refractivity contribution is 0.0734. The highest BCUT2D eigenvalue weighted by Crippen LogP contribution is 2.29. The number of aromatic amines is 1. The van der Waals surface area contributed by atoms with Crippen LogP contribution in [0, 0.1) is 18.3 Å². The maximum absolute atomic E-state index is 13.6. The fourth-order valence-electron chi connectivity index (χ4n) is 5.39. The number of amides is 1. The van der Waals surface area contributed by atoms with Gasteiger partial charge >= 0.3 is 0 Å². The molecule has 0 aliphatic carbocycles. The van der Waals surface area contributed by atoms with E-state index >= 15 is 0 Å². The second-order valence-electron chi connectivity index (χ2n) is 9.43. The molecule has 4 aromatic rings. The molecule has 2 aromatic carbocycles. The van der Waals surface area contributed by atoms with Gasteiger partial charge in [0.1, 0.15) is 11.3 Å². The molecular weight excluding hydrogens is 442 g/mol. The molecule has 1 N–H and O–H groups in total. The number of benzene rings is 2.